The highest BCUT2D eigenvalue weighted by molar-refractivity contribution is 9.10. The fourth-order valence-corrected chi connectivity index (χ4v) is 2.75. The van der Waals surface area contributed by atoms with Crippen molar-refractivity contribution in [3.63, 3.8) is 0 Å². The third-order valence-electron chi connectivity index (χ3n) is 3.20. The van der Waals surface area contributed by atoms with E-state index in [1.165, 1.54) is 0 Å². The molecule has 0 aliphatic heterocycles. The summed E-state index contributed by atoms with van der Waals surface area (Å²) in [5.74, 6) is -2.89. The lowest BCUT2D eigenvalue weighted by Gasteiger charge is -2.11. The first-order chi connectivity index (χ1) is 11.5. The van der Waals surface area contributed by atoms with E-state index in [4.69, 9.17) is 0 Å². The topological polar surface area (TPSA) is 61.2 Å². The summed E-state index contributed by atoms with van der Waals surface area (Å²) in [6, 6.07) is 1.18. The van der Waals surface area contributed by atoms with E-state index in [-0.39, 0.29) is 15.7 Å². The first-order valence-electron chi connectivity index (χ1n) is 6.38. The number of rotatable bonds is 2. The molecule has 0 aliphatic rings. The molecule has 0 unspecified atom stereocenters. The lowest BCUT2D eigenvalue weighted by Crippen LogP contribution is -2.15. The Labute approximate surface area is 142 Å². The molecular formula is C13H5BrF6N2O3. The second kappa shape index (κ2) is 5.64. The van der Waals surface area contributed by atoms with Gasteiger partial charge in [0.05, 0.1) is 17.6 Å². The van der Waals surface area contributed by atoms with Gasteiger partial charge in [0.15, 0.2) is 5.76 Å². The molecule has 0 amide bonds. The maximum atomic E-state index is 13.2. The molecule has 0 saturated heterocycles. The zero-order chi connectivity index (χ0) is 18.6. The highest BCUT2D eigenvalue weighted by Gasteiger charge is 2.39. The molecule has 2 heterocycles. The third kappa shape index (κ3) is 3.30. The van der Waals surface area contributed by atoms with Gasteiger partial charge in [0.25, 0.3) is 0 Å². The second-order valence-electron chi connectivity index (χ2n) is 4.90. The number of imidazole rings is 1. The van der Waals surface area contributed by atoms with Crippen LogP contribution in [0, 0.1) is 0 Å². The number of hydrogen-bond acceptors (Lipinski definition) is 4. The Hall–Kier alpha value is -2.24. The SMILES string of the molecule is O=c1occ(Cn2c(C(F)(F)F)nc3c(Br)cc(C(F)(F)F)cc32)o1. The molecule has 134 valence electrons. The van der Waals surface area contributed by atoms with E-state index in [9.17, 15) is 31.1 Å². The number of fused-ring (bicyclic) bond motifs is 1. The number of aromatic nitrogens is 2. The van der Waals surface area contributed by atoms with Crippen molar-refractivity contribution in [2.75, 3.05) is 0 Å². The molecule has 0 fully saturated rings. The van der Waals surface area contributed by atoms with Gasteiger partial charge in [0, 0.05) is 4.47 Å². The maximum Gasteiger partial charge on any atom is 0.518 e. The summed E-state index contributed by atoms with van der Waals surface area (Å²) in [5.41, 5.74) is -1.90. The van der Waals surface area contributed by atoms with Crippen molar-refractivity contribution < 1.29 is 35.2 Å². The van der Waals surface area contributed by atoms with Gasteiger partial charge in [-0.3, -0.25) is 0 Å². The molecule has 5 nitrogen and oxygen atoms in total. The number of alkyl halides is 6. The van der Waals surface area contributed by atoms with E-state index in [1.54, 1.807) is 0 Å². The van der Waals surface area contributed by atoms with E-state index in [1.807, 2.05) is 0 Å². The van der Waals surface area contributed by atoms with Crippen LogP contribution in [0.25, 0.3) is 11.0 Å². The molecule has 0 atom stereocenters. The molecular weight excluding hydrogens is 426 g/mol. The summed E-state index contributed by atoms with van der Waals surface area (Å²) in [6.45, 7) is -0.690. The highest BCUT2D eigenvalue weighted by atomic mass is 79.9. The van der Waals surface area contributed by atoms with Crippen LogP contribution in [0.2, 0.25) is 0 Å². The Morgan fingerprint density at radius 2 is 1.80 bits per heavy atom. The van der Waals surface area contributed by atoms with Crippen molar-refractivity contribution in [1.29, 1.82) is 0 Å². The first kappa shape index (κ1) is 17.6. The van der Waals surface area contributed by atoms with Gasteiger partial charge in [-0.1, -0.05) is 0 Å². The van der Waals surface area contributed by atoms with Crippen LogP contribution in [0.4, 0.5) is 26.3 Å². The lowest BCUT2D eigenvalue weighted by molar-refractivity contribution is -0.146. The van der Waals surface area contributed by atoms with Crippen molar-refractivity contribution >= 4 is 27.0 Å². The lowest BCUT2D eigenvalue weighted by atomic mass is 10.2. The number of hydrogen-bond donors (Lipinski definition) is 0. The van der Waals surface area contributed by atoms with E-state index in [0.717, 1.165) is 6.26 Å². The highest BCUT2D eigenvalue weighted by Crippen LogP contribution is 2.38. The molecule has 0 spiro atoms. The van der Waals surface area contributed by atoms with Crippen LogP contribution in [0.3, 0.4) is 0 Å². The molecule has 1 aromatic carbocycles. The van der Waals surface area contributed by atoms with Crippen LogP contribution in [0.1, 0.15) is 17.1 Å². The van der Waals surface area contributed by atoms with Crippen LogP contribution in [-0.4, -0.2) is 9.55 Å². The Morgan fingerprint density at radius 3 is 2.32 bits per heavy atom. The van der Waals surface area contributed by atoms with Gasteiger partial charge < -0.3 is 13.4 Å². The van der Waals surface area contributed by atoms with Crippen LogP contribution >= 0.6 is 15.9 Å². The van der Waals surface area contributed by atoms with Gasteiger partial charge >= 0.3 is 18.2 Å². The minimum Gasteiger partial charge on any atom is -0.399 e. The fraction of sp³-hybridized carbons (Fsp3) is 0.231. The van der Waals surface area contributed by atoms with Gasteiger partial charge in [-0.25, -0.2) is 9.78 Å². The van der Waals surface area contributed by atoms with Crippen molar-refractivity contribution in [2.24, 2.45) is 0 Å². The Bertz CT molecular complexity index is 998. The molecule has 0 radical (unpaired) electrons. The van der Waals surface area contributed by atoms with Gasteiger partial charge in [-0.2, -0.15) is 26.3 Å². The smallest absolute Gasteiger partial charge is 0.399 e. The van der Waals surface area contributed by atoms with Gasteiger partial charge in [0.2, 0.25) is 5.82 Å². The molecule has 3 rings (SSSR count). The largest absolute Gasteiger partial charge is 0.518 e. The summed E-state index contributed by atoms with van der Waals surface area (Å²) in [5, 5.41) is 0. The number of benzene rings is 1. The zero-order valence-corrected chi connectivity index (χ0v) is 13.3. The fourth-order valence-electron chi connectivity index (χ4n) is 2.22. The molecule has 0 bridgehead atoms. The molecule has 0 N–H and O–H groups in total. The van der Waals surface area contributed by atoms with Crippen LogP contribution in [0.15, 0.2) is 36.5 Å². The molecule has 0 aliphatic carbocycles. The van der Waals surface area contributed by atoms with Gasteiger partial charge in [-0.05, 0) is 28.1 Å². The number of halogens is 7. The first-order valence-corrected chi connectivity index (χ1v) is 7.18. The minimum atomic E-state index is -4.94. The number of nitrogens with zero attached hydrogens (tertiary/aromatic N) is 2. The van der Waals surface area contributed by atoms with Crippen LogP contribution in [0.5, 0.6) is 0 Å². The van der Waals surface area contributed by atoms with Crippen LogP contribution in [-0.2, 0) is 18.9 Å². The van der Waals surface area contributed by atoms with Gasteiger partial charge in [-0.15, -0.1) is 0 Å². The van der Waals surface area contributed by atoms with Crippen molar-refractivity contribution in [1.82, 2.24) is 9.55 Å². The molecule has 25 heavy (non-hydrogen) atoms. The maximum absolute atomic E-state index is 13.2. The minimum absolute atomic E-state index is 0.254. The van der Waals surface area contributed by atoms with E-state index in [0.29, 0.717) is 16.7 Å². The zero-order valence-electron chi connectivity index (χ0n) is 11.7. The second-order valence-corrected chi connectivity index (χ2v) is 5.75. The predicted octanol–water partition coefficient (Wildman–Crippen LogP) is 4.43. The quantitative estimate of drug-likeness (QED) is 0.564. The molecule has 12 heteroatoms. The average Bonchev–Trinajstić information content (AvgIpc) is 3.02. The summed E-state index contributed by atoms with van der Waals surface area (Å²) in [6.07, 6.45) is -8.94. The Kier molecular flexibility index (Phi) is 3.97. The van der Waals surface area contributed by atoms with Gasteiger partial charge in [0.1, 0.15) is 11.8 Å². The van der Waals surface area contributed by atoms with Crippen molar-refractivity contribution in [2.45, 2.75) is 18.9 Å². The third-order valence-corrected chi connectivity index (χ3v) is 3.81. The van der Waals surface area contributed by atoms with Crippen molar-refractivity contribution in [3.05, 3.63) is 50.6 Å². The van der Waals surface area contributed by atoms with E-state index < -0.39 is 41.6 Å². The average molecular weight is 431 g/mol. The van der Waals surface area contributed by atoms with Crippen molar-refractivity contribution in [3.8, 4) is 0 Å². The molecule has 2 aromatic heterocycles. The monoisotopic (exact) mass is 430 g/mol. The predicted molar refractivity (Wildman–Crippen MR) is 73.8 cm³/mol. The van der Waals surface area contributed by atoms with Crippen LogP contribution < -0.4 is 5.82 Å². The summed E-state index contributed by atoms with van der Waals surface area (Å²) < 4.78 is 87.6. The standard InChI is InChI=1S/C13H5BrF6N2O3/c14-7-1-5(12(15,16)17)2-8-9(7)21-10(13(18,19)20)22(8)3-6-4-24-11(23)25-6/h1-2,4H,3H2. The van der Waals surface area contributed by atoms with E-state index >= 15 is 0 Å². The Morgan fingerprint density at radius 1 is 1.12 bits per heavy atom. The summed E-state index contributed by atoms with van der Waals surface area (Å²) in [7, 11) is 0. The summed E-state index contributed by atoms with van der Waals surface area (Å²) >= 11 is 2.81. The molecule has 3 aromatic rings. The normalized spacial score (nSPS) is 12.9. The van der Waals surface area contributed by atoms with E-state index in [2.05, 4.69) is 29.7 Å². The Balaban J connectivity index is 2.29. The molecule has 0 saturated carbocycles. The summed E-state index contributed by atoms with van der Waals surface area (Å²) in [4.78, 5) is 14.3.